The highest BCUT2D eigenvalue weighted by Gasteiger charge is 2.03. The third kappa shape index (κ3) is 1.49. The Balaban J connectivity index is 2.75. The number of aromatic nitrogens is 1. The van der Waals surface area contributed by atoms with Crippen LogP contribution >= 0.6 is 15.9 Å². The normalized spacial score (nSPS) is 11.0. The number of aryl methyl sites for hydroxylation is 1. The molecule has 0 saturated carbocycles. The summed E-state index contributed by atoms with van der Waals surface area (Å²) in [5.74, 6) is 0. The van der Waals surface area contributed by atoms with Gasteiger partial charge in [0.05, 0.1) is 0 Å². The Morgan fingerprint density at radius 2 is 2.15 bits per heavy atom. The predicted molar refractivity (Wildman–Crippen MR) is 58.6 cm³/mol. The topological polar surface area (TPSA) is 41.8 Å². The van der Waals surface area contributed by atoms with Crippen LogP contribution in [0.4, 0.5) is 0 Å². The number of hydrogen-bond donors (Lipinski definition) is 2. The lowest BCUT2D eigenvalue weighted by molar-refractivity contribution is 1.02. The number of nitrogens with two attached hydrogens (primary N) is 1. The number of H-pyrrole nitrogens is 1. The molecule has 3 heteroatoms. The van der Waals surface area contributed by atoms with Gasteiger partial charge in [0.25, 0.3) is 0 Å². The third-order valence-electron chi connectivity index (χ3n) is 2.11. The SMILES string of the molecule is Cc1cc(Br)c2cc(CN)[nH]c2c1. The van der Waals surface area contributed by atoms with Crippen LogP contribution in [0.5, 0.6) is 0 Å². The van der Waals surface area contributed by atoms with Crippen LogP contribution in [0.3, 0.4) is 0 Å². The van der Waals surface area contributed by atoms with E-state index in [0.717, 1.165) is 15.7 Å². The lowest BCUT2D eigenvalue weighted by atomic mass is 10.2. The summed E-state index contributed by atoms with van der Waals surface area (Å²) in [6.45, 7) is 2.63. The van der Waals surface area contributed by atoms with Gasteiger partial charge in [-0.1, -0.05) is 15.9 Å². The molecule has 0 atom stereocenters. The molecule has 0 spiro atoms. The molecule has 2 aromatic rings. The minimum atomic E-state index is 0.556. The van der Waals surface area contributed by atoms with Crippen LogP contribution in [-0.2, 0) is 6.54 Å². The summed E-state index contributed by atoms with van der Waals surface area (Å²) in [6, 6.07) is 6.31. The molecule has 2 rings (SSSR count). The molecule has 13 heavy (non-hydrogen) atoms. The molecule has 1 aromatic carbocycles. The smallest absolute Gasteiger partial charge is 0.0470 e. The van der Waals surface area contributed by atoms with E-state index in [-0.39, 0.29) is 0 Å². The molecular weight excluding hydrogens is 228 g/mol. The van der Waals surface area contributed by atoms with Crippen molar-refractivity contribution in [3.63, 3.8) is 0 Å². The maximum atomic E-state index is 5.56. The lowest BCUT2D eigenvalue weighted by Gasteiger charge is -1.96. The van der Waals surface area contributed by atoms with Crippen molar-refractivity contribution in [2.24, 2.45) is 5.73 Å². The summed E-state index contributed by atoms with van der Waals surface area (Å²) >= 11 is 3.53. The number of hydrogen-bond acceptors (Lipinski definition) is 1. The molecule has 0 amide bonds. The minimum Gasteiger partial charge on any atom is -0.357 e. The van der Waals surface area contributed by atoms with E-state index in [1.165, 1.54) is 10.9 Å². The van der Waals surface area contributed by atoms with Crippen molar-refractivity contribution in [1.29, 1.82) is 0 Å². The molecule has 1 aromatic heterocycles. The Kier molecular flexibility index (Phi) is 2.14. The Morgan fingerprint density at radius 3 is 2.85 bits per heavy atom. The molecule has 0 aliphatic carbocycles. The van der Waals surface area contributed by atoms with Crippen molar-refractivity contribution in [3.05, 3.63) is 33.9 Å². The first-order valence-corrected chi connectivity index (χ1v) is 4.98. The molecule has 3 N–H and O–H groups in total. The van der Waals surface area contributed by atoms with Crippen LogP contribution in [0, 0.1) is 6.92 Å². The van der Waals surface area contributed by atoms with Crippen LogP contribution in [0.1, 0.15) is 11.3 Å². The molecule has 1 heterocycles. The first-order valence-electron chi connectivity index (χ1n) is 4.18. The molecule has 2 nitrogen and oxygen atoms in total. The molecule has 0 bridgehead atoms. The second kappa shape index (κ2) is 3.16. The molecule has 68 valence electrons. The van der Waals surface area contributed by atoms with E-state index in [9.17, 15) is 0 Å². The number of aromatic amines is 1. The average Bonchev–Trinajstić information content (AvgIpc) is 2.47. The van der Waals surface area contributed by atoms with E-state index < -0.39 is 0 Å². The van der Waals surface area contributed by atoms with Crippen molar-refractivity contribution in [2.75, 3.05) is 0 Å². The van der Waals surface area contributed by atoms with Gasteiger partial charge in [0.2, 0.25) is 0 Å². The monoisotopic (exact) mass is 238 g/mol. The van der Waals surface area contributed by atoms with E-state index in [4.69, 9.17) is 5.73 Å². The summed E-state index contributed by atoms with van der Waals surface area (Å²) in [6.07, 6.45) is 0. The molecule has 0 aliphatic heterocycles. The number of rotatable bonds is 1. The van der Waals surface area contributed by atoms with Gasteiger partial charge in [-0.2, -0.15) is 0 Å². The number of nitrogens with one attached hydrogen (secondary N) is 1. The minimum absolute atomic E-state index is 0.556. The van der Waals surface area contributed by atoms with E-state index in [0.29, 0.717) is 6.54 Å². The van der Waals surface area contributed by atoms with Gasteiger partial charge in [0.1, 0.15) is 0 Å². The van der Waals surface area contributed by atoms with Gasteiger partial charge >= 0.3 is 0 Å². The molecule has 0 unspecified atom stereocenters. The first-order chi connectivity index (χ1) is 6.20. The zero-order valence-electron chi connectivity index (χ0n) is 7.39. The van der Waals surface area contributed by atoms with Gasteiger partial charge in [-0.05, 0) is 30.7 Å². The highest BCUT2D eigenvalue weighted by atomic mass is 79.9. The summed E-state index contributed by atoms with van der Waals surface area (Å²) in [5, 5.41) is 1.20. The van der Waals surface area contributed by atoms with Gasteiger partial charge in [-0.25, -0.2) is 0 Å². The molecular formula is C10H11BrN2. The van der Waals surface area contributed by atoms with Crippen molar-refractivity contribution >= 4 is 26.8 Å². The molecule has 0 aliphatic rings. The molecule has 0 saturated heterocycles. The van der Waals surface area contributed by atoms with Gasteiger partial charge in [-0.3, -0.25) is 0 Å². The fourth-order valence-electron chi connectivity index (χ4n) is 1.50. The maximum absolute atomic E-state index is 5.56. The van der Waals surface area contributed by atoms with Gasteiger partial charge in [0.15, 0.2) is 0 Å². The van der Waals surface area contributed by atoms with Crippen LogP contribution in [0.15, 0.2) is 22.7 Å². The largest absolute Gasteiger partial charge is 0.357 e. The lowest BCUT2D eigenvalue weighted by Crippen LogP contribution is -1.94. The van der Waals surface area contributed by atoms with Crippen LogP contribution < -0.4 is 5.73 Å². The quantitative estimate of drug-likeness (QED) is 0.789. The van der Waals surface area contributed by atoms with E-state index in [2.05, 4.69) is 46.0 Å². The zero-order chi connectivity index (χ0) is 9.42. The number of fused-ring (bicyclic) bond motifs is 1. The Morgan fingerprint density at radius 1 is 1.38 bits per heavy atom. The highest BCUT2D eigenvalue weighted by Crippen LogP contribution is 2.26. The summed E-state index contributed by atoms with van der Waals surface area (Å²) in [4.78, 5) is 3.27. The maximum Gasteiger partial charge on any atom is 0.0470 e. The van der Waals surface area contributed by atoms with Crippen molar-refractivity contribution in [3.8, 4) is 0 Å². The second-order valence-corrected chi connectivity index (χ2v) is 4.06. The zero-order valence-corrected chi connectivity index (χ0v) is 8.98. The Bertz CT molecular complexity index is 445. The van der Waals surface area contributed by atoms with E-state index in [1.807, 2.05) is 0 Å². The summed E-state index contributed by atoms with van der Waals surface area (Å²) < 4.78 is 1.12. The van der Waals surface area contributed by atoms with Gasteiger partial charge in [-0.15, -0.1) is 0 Å². The van der Waals surface area contributed by atoms with E-state index in [1.54, 1.807) is 0 Å². The summed E-state index contributed by atoms with van der Waals surface area (Å²) in [7, 11) is 0. The van der Waals surface area contributed by atoms with Crippen LogP contribution in [0.25, 0.3) is 10.9 Å². The Hall–Kier alpha value is -0.800. The molecule has 0 radical (unpaired) electrons. The highest BCUT2D eigenvalue weighted by molar-refractivity contribution is 9.10. The standard InChI is InChI=1S/C10H11BrN2/c1-6-2-9(11)8-4-7(5-12)13-10(8)3-6/h2-4,13H,5,12H2,1H3. The van der Waals surface area contributed by atoms with Crippen molar-refractivity contribution < 1.29 is 0 Å². The fraction of sp³-hybridized carbons (Fsp3) is 0.200. The van der Waals surface area contributed by atoms with Crippen LogP contribution in [-0.4, -0.2) is 4.98 Å². The van der Waals surface area contributed by atoms with E-state index >= 15 is 0 Å². The third-order valence-corrected chi connectivity index (χ3v) is 2.76. The Labute approximate surface area is 85.3 Å². The number of benzene rings is 1. The summed E-state index contributed by atoms with van der Waals surface area (Å²) in [5.41, 5.74) is 9.01. The molecule has 0 fully saturated rings. The van der Waals surface area contributed by atoms with Gasteiger partial charge in [0, 0.05) is 27.6 Å². The van der Waals surface area contributed by atoms with Gasteiger partial charge < -0.3 is 10.7 Å². The van der Waals surface area contributed by atoms with Crippen molar-refractivity contribution in [2.45, 2.75) is 13.5 Å². The average molecular weight is 239 g/mol. The van der Waals surface area contributed by atoms with Crippen LogP contribution in [0.2, 0.25) is 0 Å². The fourth-order valence-corrected chi connectivity index (χ4v) is 2.19. The predicted octanol–water partition coefficient (Wildman–Crippen LogP) is 2.70. The van der Waals surface area contributed by atoms with Crippen molar-refractivity contribution in [1.82, 2.24) is 4.98 Å². The second-order valence-electron chi connectivity index (χ2n) is 3.21. The number of halogens is 1. The first kappa shape index (κ1) is 8.78.